The molecule has 100 valence electrons. The Morgan fingerprint density at radius 3 is 2.32 bits per heavy atom. The number of carbonyl (C=O) groups excluding carboxylic acids is 1. The minimum Gasteiger partial charge on any atom is -0.496 e. The molecule has 0 spiro atoms. The van der Waals surface area contributed by atoms with Gasteiger partial charge in [-0.25, -0.2) is 0 Å². The van der Waals surface area contributed by atoms with Crippen molar-refractivity contribution < 1.29 is 9.53 Å². The third-order valence-corrected chi connectivity index (χ3v) is 5.20. The lowest BCUT2D eigenvalue weighted by molar-refractivity contribution is 0.104. The zero-order valence-electron chi connectivity index (χ0n) is 11.3. The summed E-state index contributed by atoms with van der Waals surface area (Å²) < 4.78 is 6.29. The molecule has 1 heterocycles. The van der Waals surface area contributed by atoms with Gasteiger partial charge in [0.2, 0.25) is 5.78 Å². The van der Waals surface area contributed by atoms with Gasteiger partial charge >= 0.3 is 0 Å². The number of ketones is 1. The summed E-state index contributed by atoms with van der Waals surface area (Å²) >= 11 is 4.94. The minimum atomic E-state index is 0.0713. The van der Waals surface area contributed by atoms with Gasteiger partial charge < -0.3 is 4.74 Å². The number of methoxy groups -OCH3 is 1. The lowest BCUT2D eigenvalue weighted by Crippen LogP contribution is -2.03. The van der Waals surface area contributed by atoms with Crippen LogP contribution in [-0.2, 0) is 0 Å². The number of hydrogen-bond donors (Lipinski definition) is 0. The first kappa shape index (κ1) is 14.3. The lowest BCUT2D eigenvalue weighted by Gasteiger charge is -2.09. The molecule has 19 heavy (non-hydrogen) atoms. The number of carbonyl (C=O) groups is 1. The van der Waals surface area contributed by atoms with Gasteiger partial charge in [-0.2, -0.15) is 0 Å². The minimum absolute atomic E-state index is 0.0713. The summed E-state index contributed by atoms with van der Waals surface area (Å²) in [5.74, 6) is 0.889. The Balaban J connectivity index is 2.47. The average molecular weight is 339 g/mol. The SMILES string of the molecule is COc1cc(C)c(C(=O)c2cc(C)c(Br)s2)cc1C. The van der Waals surface area contributed by atoms with Gasteiger partial charge in [0.05, 0.1) is 15.8 Å². The van der Waals surface area contributed by atoms with Gasteiger partial charge in [0.25, 0.3) is 0 Å². The molecule has 0 aliphatic carbocycles. The Morgan fingerprint density at radius 1 is 1.11 bits per heavy atom. The molecule has 0 aliphatic rings. The Morgan fingerprint density at radius 2 is 1.79 bits per heavy atom. The second-order valence-electron chi connectivity index (χ2n) is 4.53. The van der Waals surface area contributed by atoms with Crippen LogP contribution in [0.4, 0.5) is 0 Å². The molecule has 2 rings (SSSR count). The van der Waals surface area contributed by atoms with E-state index < -0.39 is 0 Å². The summed E-state index contributed by atoms with van der Waals surface area (Å²) in [5.41, 5.74) is 3.75. The molecule has 0 atom stereocenters. The van der Waals surface area contributed by atoms with Gasteiger partial charge in [0, 0.05) is 5.56 Å². The first-order chi connectivity index (χ1) is 8.93. The van der Waals surface area contributed by atoms with Crippen LogP contribution in [0.3, 0.4) is 0 Å². The fourth-order valence-corrected chi connectivity index (χ4v) is 3.45. The molecule has 0 radical (unpaired) electrons. The van der Waals surface area contributed by atoms with E-state index in [2.05, 4.69) is 15.9 Å². The molecule has 1 aromatic heterocycles. The zero-order chi connectivity index (χ0) is 14.2. The number of thiophene rings is 1. The maximum absolute atomic E-state index is 12.5. The number of ether oxygens (including phenoxy) is 1. The summed E-state index contributed by atoms with van der Waals surface area (Å²) in [4.78, 5) is 13.3. The summed E-state index contributed by atoms with van der Waals surface area (Å²) in [7, 11) is 1.64. The summed E-state index contributed by atoms with van der Waals surface area (Å²) in [6.07, 6.45) is 0. The van der Waals surface area contributed by atoms with E-state index in [4.69, 9.17) is 4.74 Å². The van der Waals surface area contributed by atoms with Gasteiger partial charge in [0.1, 0.15) is 5.75 Å². The van der Waals surface area contributed by atoms with Gasteiger partial charge in [-0.1, -0.05) is 0 Å². The van der Waals surface area contributed by atoms with Crippen molar-refractivity contribution in [3.05, 3.63) is 49.1 Å². The Kier molecular flexibility index (Phi) is 4.11. The second kappa shape index (κ2) is 5.47. The van der Waals surface area contributed by atoms with Crippen molar-refractivity contribution in [2.45, 2.75) is 20.8 Å². The van der Waals surface area contributed by atoms with Crippen molar-refractivity contribution in [1.29, 1.82) is 0 Å². The first-order valence-corrected chi connectivity index (χ1v) is 7.51. The zero-order valence-corrected chi connectivity index (χ0v) is 13.7. The number of aryl methyl sites for hydroxylation is 3. The third kappa shape index (κ3) is 2.74. The molecular weight excluding hydrogens is 324 g/mol. The van der Waals surface area contributed by atoms with E-state index in [1.54, 1.807) is 7.11 Å². The molecule has 2 aromatic rings. The lowest BCUT2D eigenvalue weighted by atomic mass is 10.00. The van der Waals surface area contributed by atoms with Crippen molar-refractivity contribution in [1.82, 2.24) is 0 Å². The van der Waals surface area contributed by atoms with Crippen LogP contribution in [0.15, 0.2) is 22.0 Å². The Hall–Kier alpha value is -1.13. The molecule has 0 N–H and O–H groups in total. The Labute approximate surface area is 125 Å². The topological polar surface area (TPSA) is 26.3 Å². The van der Waals surface area contributed by atoms with E-state index in [-0.39, 0.29) is 5.78 Å². The summed E-state index contributed by atoms with van der Waals surface area (Å²) in [6.45, 7) is 5.87. The summed E-state index contributed by atoms with van der Waals surface area (Å²) in [5, 5.41) is 0. The molecule has 0 bridgehead atoms. The average Bonchev–Trinajstić information content (AvgIpc) is 2.71. The van der Waals surface area contributed by atoms with Crippen molar-refractivity contribution in [3.8, 4) is 5.75 Å². The number of halogens is 1. The van der Waals surface area contributed by atoms with E-state index in [1.165, 1.54) is 11.3 Å². The molecule has 0 fully saturated rings. The van der Waals surface area contributed by atoms with Crippen LogP contribution in [0, 0.1) is 20.8 Å². The van der Waals surface area contributed by atoms with Crippen LogP contribution in [0.25, 0.3) is 0 Å². The molecule has 0 amide bonds. The van der Waals surface area contributed by atoms with Crippen LogP contribution in [0.5, 0.6) is 5.75 Å². The third-order valence-electron chi connectivity index (χ3n) is 3.07. The highest BCUT2D eigenvalue weighted by atomic mass is 79.9. The van der Waals surface area contributed by atoms with Crippen LogP contribution >= 0.6 is 27.3 Å². The highest BCUT2D eigenvalue weighted by Crippen LogP contribution is 2.31. The van der Waals surface area contributed by atoms with Gasteiger partial charge in [-0.3, -0.25) is 4.79 Å². The van der Waals surface area contributed by atoms with E-state index in [1.807, 2.05) is 39.0 Å². The molecule has 0 aliphatic heterocycles. The highest BCUT2D eigenvalue weighted by Gasteiger charge is 2.17. The number of rotatable bonds is 3. The Bertz CT molecular complexity index is 624. The normalized spacial score (nSPS) is 10.6. The van der Waals surface area contributed by atoms with Crippen molar-refractivity contribution in [2.24, 2.45) is 0 Å². The van der Waals surface area contributed by atoms with Gasteiger partial charge in [-0.05, 0) is 71.6 Å². The quantitative estimate of drug-likeness (QED) is 0.759. The summed E-state index contributed by atoms with van der Waals surface area (Å²) in [6, 6.07) is 5.74. The van der Waals surface area contributed by atoms with E-state index >= 15 is 0 Å². The van der Waals surface area contributed by atoms with E-state index in [9.17, 15) is 4.79 Å². The van der Waals surface area contributed by atoms with Crippen molar-refractivity contribution in [3.63, 3.8) is 0 Å². The number of benzene rings is 1. The van der Waals surface area contributed by atoms with Crippen molar-refractivity contribution in [2.75, 3.05) is 7.11 Å². The molecule has 0 unspecified atom stereocenters. The monoisotopic (exact) mass is 338 g/mol. The number of hydrogen-bond acceptors (Lipinski definition) is 3. The standard InChI is InChI=1S/C15H15BrO2S/c1-8-6-12(18-4)9(2)5-11(8)14(17)13-7-10(3)15(16)19-13/h5-7H,1-4H3. The fourth-order valence-electron chi connectivity index (χ4n) is 1.96. The predicted molar refractivity (Wildman–Crippen MR) is 82.7 cm³/mol. The fraction of sp³-hybridized carbons (Fsp3) is 0.267. The molecule has 2 nitrogen and oxygen atoms in total. The van der Waals surface area contributed by atoms with Crippen LogP contribution in [0.1, 0.15) is 31.9 Å². The van der Waals surface area contributed by atoms with Crippen LogP contribution in [-0.4, -0.2) is 12.9 Å². The predicted octanol–water partition coefficient (Wildman–Crippen LogP) is 4.68. The molecule has 4 heteroatoms. The van der Waals surface area contributed by atoms with E-state index in [0.717, 1.165) is 36.7 Å². The van der Waals surface area contributed by atoms with Gasteiger partial charge in [0.15, 0.2) is 0 Å². The first-order valence-electron chi connectivity index (χ1n) is 5.90. The maximum Gasteiger partial charge on any atom is 0.203 e. The van der Waals surface area contributed by atoms with Crippen molar-refractivity contribution >= 4 is 33.0 Å². The maximum atomic E-state index is 12.5. The smallest absolute Gasteiger partial charge is 0.203 e. The molecule has 0 saturated heterocycles. The molecule has 1 aromatic carbocycles. The molecule has 0 saturated carbocycles. The van der Waals surface area contributed by atoms with Crippen LogP contribution < -0.4 is 4.74 Å². The van der Waals surface area contributed by atoms with Gasteiger partial charge in [-0.15, -0.1) is 11.3 Å². The van der Waals surface area contributed by atoms with Crippen LogP contribution in [0.2, 0.25) is 0 Å². The molecular formula is C15H15BrO2S. The van der Waals surface area contributed by atoms with E-state index in [0.29, 0.717) is 0 Å². The second-order valence-corrected chi connectivity index (χ2v) is 6.90. The largest absolute Gasteiger partial charge is 0.496 e. The highest BCUT2D eigenvalue weighted by molar-refractivity contribution is 9.11.